The number of thiophene rings is 1. The van der Waals surface area contributed by atoms with Gasteiger partial charge < -0.3 is 9.84 Å². The summed E-state index contributed by atoms with van der Waals surface area (Å²) in [5.74, 6) is -1.55. The molecule has 0 aliphatic rings. The first-order valence-corrected chi connectivity index (χ1v) is 9.92. The number of carboxylic acid groups (broad SMARTS) is 1. The summed E-state index contributed by atoms with van der Waals surface area (Å²) >= 11 is 1.58. The fraction of sp³-hybridized carbons (Fsp3) is 0.438. The number of rotatable bonds is 7. The van der Waals surface area contributed by atoms with Gasteiger partial charge in [0, 0.05) is 4.70 Å². The van der Waals surface area contributed by atoms with Crippen LogP contribution in [0.4, 0.5) is 0 Å². The second kappa shape index (κ2) is 7.18. The lowest BCUT2D eigenvalue weighted by molar-refractivity contribution is -0.142. The summed E-state index contributed by atoms with van der Waals surface area (Å²) in [4.78, 5) is 11.3. The van der Waals surface area contributed by atoms with Crippen molar-refractivity contribution in [2.75, 3.05) is 6.61 Å². The first-order chi connectivity index (χ1) is 11.1. The highest BCUT2D eigenvalue weighted by molar-refractivity contribution is 7.88. The molecule has 132 valence electrons. The van der Waals surface area contributed by atoms with Crippen LogP contribution in [0.5, 0.6) is 0 Å². The lowest BCUT2D eigenvalue weighted by atomic mass is 10.2. The van der Waals surface area contributed by atoms with Gasteiger partial charge in [0.25, 0.3) is 0 Å². The Kier molecular flexibility index (Phi) is 5.64. The monoisotopic (exact) mass is 371 g/mol. The maximum Gasteiger partial charge on any atom is 0.324 e. The summed E-state index contributed by atoms with van der Waals surface area (Å²) in [7, 11) is -3.81. The van der Waals surface area contributed by atoms with Gasteiger partial charge in [0.05, 0.1) is 18.0 Å². The average molecular weight is 371 g/mol. The van der Waals surface area contributed by atoms with Crippen molar-refractivity contribution < 1.29 is 23.1 Å². The van der Waals surface area contributed by atoms with Gasteiger partial charge in [-0.2, -0.15) is 4.72 Å². The third-order valence-electron chi connectivity index (χ3n) is 3.18. The van der Waals surface area contributed by atoms with E-state index >= 15 is 0 Å². The van der Waals surface area contributed by atoms with Crippen LogP contribution >= 0.6 is 11.3 Å². The maximum atomic E-state index is 12.3. The minimum Gasteiger partial charge on any atom is -0.480 e. The maximum absolute atomic E-state index is 12.3. The molecule has 0 amide bonds. The molecule has 0 saturated carbocycles. The third-order valence-corrected chi connectivity index (χ3v) is 5.43. The molecule has 0 spiro atoms. The molecule has 6 nitrogen and oxygen atoms in total. The molecule has 2 N–H and O–H groups in total. The van der Waals surface area contributed by atoms with E-state index in [4.69, 9.17) is 4.74 Å². The predicted molar refractivity (Wildman–Crippen MR) is 94.7 cm³/mol. The van der Waals surface area contributed by atoms with Crippen LogP contribution in [-0.2, 0) is 25.3 Å². The summed E-state index contributed by atoms with van der Waals surface area (Å²) in [5.41, 5.74) is 0.0534. The second-order valence-electron chi connectivity index (χ2n) is 6.48. The van der Waals surface area contributed by atoms with Crippen LogP contribution in [0.15, 0.2) is 29.6 Å². The van der Waals surface area contributed by atoms with Gasteiger partial charge in [-0.1, -0.05) is 6.07 Å². The van der Waals surface area contributed by atoms with Gasteiger partial charge in [-0.05, 0) is 55.3 Å². The number of ether oxygens (including phenoxy) is 1. The Bertz CT molecular complexity index is 820. The van der Waals surface area contributed by atoms with Gasteiger partial charge >= 0.3 is 5.97 Å². The molecule has 1 aromatic carbocycles. The van der Waals surface area contributed by atoms with Crippen LogP contribution in [0.25, 0.3) is 10.1 Å². The van der Waals surface area contributed by atoms with Gasteiger partial charge in [-0.15, -0.1) is 11.3 Å². The van der Waals surface area contributed by atoms with Crippen molar-refractivity contribution in [3.8, 4) is 0 Å². The quantitative estimate of drug-likeness (QED) is 0.780. The summed E-state index contributed by atoms with van der Waals surface area (Å²) in [5, 5.41) is 12.1. The van der Waals surface area contributed by atoms with Crippen molar-refractivity contribution in [3.05, 3.63) is 35.2 Å². The first kappa shape index (κ1) is 18.9. The van der Waals surface area contributed by atoms with Crippen molar-refractivity contribution >= 4 is 37.4 Å². The Morgan fingerprint density at radius 3 is 2.67 bits per heavy atom. The van der Waals surface area contributed by atoms with Crippen LogP contribution in [0.2, 0.25) is 0 Å². The van der Waals surface area contributed by atoms with Gasteiger partial charge in [-0.25, -0.2) is 8.42 Å². The number of fused-ring (bicyclic) bond motifs is 1. The van der Waals surface area contributed by atoms with E-state index in [-0.39, 0.29) is 12.4 Å². The molecule has 8 heteroatoms. The number of nitrogens with one attached hydrogen (secondary N) is 1. The molecule has 2 rings (SSSR count). The van der Waals surface area contributed by atoms with E-state index in [2.05, 4.69) is 4.72 Å². The molecular formula is C16H21NO5S2. The fourth-order valence-electron chi connectivity index (χ4n) is 2.07. The molecule has 0 saturated heterocycles. The Labute approximate surface area is 145 Å². The van der Waals surface area contributed by atoms with E-state index < -0.39 is 27.6 Å². The topological polar surface area (TPSA) is 92.7 Å². The van der Waals surface area contributed by atoms with Crippen molar-refractivity contribution in [1.82, 2.24) is 4.72 Å². The van der Waals surface area contributed by atoms with Crippen molar-refractivity contribution in [3.63, 3.8) is 0 Å². The highest BCUT2D eigenvalue weighted by Gasteiger charge is 2.26. The molecule has 0 fully saturated rings. The second-order valence-corrected chi connectivity index (χ2v) is 9.19. The molecule has 1 heterocycles. The number of benzene rings is 1. The van der Waals surface area contributed by atoms with Crippen LogP contribution in [0.3, 0.4) is 0 Å². The molecular weight excluding hydrogens is 350 g/mol. The van der Waals surface area contributed by atoms with Crippen LogP contribution in [0, 0.1) is 0 Å². The number of carboxylic acids is 1. The third kappa shape index (κ3) is 5.55. The molecule has 0 unspecified atom stereocenters. The highest BCUT2D eigenvalue weighted by atomic mass is 32.2. The molecule has 0 aliphatic heterocycles. The van der Waals surface area contributed by atoms with Gasteiger partial charge in [-0.3, -0.25) is 4.79 Å². The van der Waals surface area contributed by atoms with E-state index in [0.29, 0.717) is 5.56 Å². The Morgan fingerprint density at radius 1 is 1.33 bits per heavy atom. The summed E-state index contributed by atoms with van der Waals surface area (Å²) in [6.07, 6.45) is 0. The van der Waals surface area contributed by atoms with E-state index in [1.807, 2.05) is 17.5 Å². The number of hydrogen-bond donors (Lipinski definition) is 2. The van der Waals surface area contributed by atoms with Crippen molar-refractivity contribution in [2.24, 2.45) is 0 Å². The van der Waals surface area contributed by atoms with E-state index in [1.54, 1.807) is 44.2 Å². The zero-order chi connectivity index (χ0) is 18.0. The van der Waals surface area contributed by atoms with Crippen LogP contribution in [0.1, 0.15) is 26.3 Å². The summed E-state index contributed by atoms with van der Waals surface area (Å²) in [6, 6.07) is 5.99. The predicted octanol–water partition coefficient (Wildman–Crippen LogP) is 2.59. The number of aliphatic carboxylic acids is 1. The number of hydrogen-bond acceptors (Lipinski definition) is 5. The molecule has 2 aromatic rings. The average Bonchev–Trinajstić information content (AvgIpc) is 2.89. The zero-order valence-electron chi connectivity index (χ0n) is 13.8. The SMILES string of the molecule is CC(C)(C)OC[C@@H](NS(=O)(=O)Cc1ccc2sccc2c1)C(=O)O. The first-order valence-electron chi connectivity index (χ1n) is 7.39. The van der Waals surface area contributed by atoms with E-state index in [0.717, 1.165) is 10.1 Å². The largest absolute Gasteiger partial charge is 0.480 e. The molecule has 24 heavy (non-hydrogen) atoms. The Morgan fingerprint density at radius 2 is 2.04 bits per heavy atom. The minimum absolute atomic E-state index is 0.234. The molecule has 1 atom stereocenters. The minimum atomic E-state index is -3.81. The lowest BCUT2D eigenvalue weighted by Crippen LogP contribution is -2.45. The smallest absolute Gasteiger partial charge is 0.324 e. The Hall–Kier alpha value is -1.48. The van der Waals surface area contributed by atoms with Crippen LogP contribution < -0.4 is 4.72 Å². The van der Waals surface area contributed by atoms with Gasteiger partial charge in [0.1, 0.15) is 6.04 Å². The van der Waals surface area contributed by atoms with E-state index in [1.165, 1.54) is 0 Å². The highest BCUT2D eigenvalue weighted by Crippen LogP contribution is 2.22. The molecule has 0 aliphatic carbocycles. The number of carbonyl (C=O) groups is 1. The standard InChI is InChI=1S/C16H21NO5S2/c1-16(2,3)22-9-13(15(18)19)17-24(20,21)10-11-4-5-14-12(8-11)6-7-23-14/h4-8,13,17H,9-10H2,1-3H3,(H,18,19)/t13-/m1/s1. The molecule has 1 aromatic heterocycles. The molecule has 0 bridgehead atoms. The van der Waals surface area contributed by atoms with Crippen LogP contribution in [-0.4, -0.2) is 37.7 Å². The summed E-state index contributed by atoms with van der Waals surface area (Å²) in [6.45, 7) is 5.09. The van der Waals surface area contributed by atoms with Crippen molar-refractivity contribution in [1.29, 1.82) is 0 Å². The van der Waals surface area contributed by atoms with Gasteiger partial charge in [0.2, 0.25) is 10.0 Å². The molecule has 0 radical (unpaired) electrons. The lowest BCUT2D eigenvalue weighted by Gasteiger charge is -2.23. The van der Waals surface area contributed by atoms with Crippen molar-refractivity contribution in [2.45, 2.75) is 38.2 Å². The zero-order valence-corrected chi connectivity index (χ0v) is 15.4. The number of sulfonamides is 1. The van der Waals surface area contributed by atoms with Gasteiger partial charge in [0.15, 0.2) is 0 Å². The fourth-order valence-corrected chi connectivity index (χ4v) is 4.15. The Balaban J connectivity index is 2.08. The summed E-state index contributed by atoms with van der Waals surface area (Å²) < 4.78 is 33.2. The normalized spacial score (nSPS) is 14.0. The van der Waals surface area contributed by atoms with E-state index in [9.17, 15) is 18.3 Å².